The molecule has 0 aliphatic heterocycles. The molecule has 0 nitrogen and oxygen atoms in total. The van der Waals surface area contributed by atoms with E-state index in [-0.39, 0.29) is 0 Å². The topological polar surface area (TPSA) is 0 Å². The van der Waals surface area contributed by atoms with Gasteiger partial charge in [-0.3, -0.25) is 0 Å². The van der Waals surface area contributed by atoms with Gasteiger partial charge in [0.15, 0.2) is 0 Å². The molecule has 0 radical (unpaired) electrons. The minimum atomic E-state index is 1.23. The van der Waals surface area contributed by atoms with Crippen molar-refractivity contribution in [2.75, 3.05) is 0 Å². The lowest BCUT2D eigenvalue weighted by atomic mass is 9.84. The molecule has 0 atom stereocenters. The molecule has 54 heavy (non-hydrogen) atoms. The molecule has 12 aromatic rings. The molecule has 0 unspecified atom stereocenters. The van der Waals surface area contributed by atoms with Crippen LogP contribution in [0.5, 0.6) is 0 Å². The smallest absolute Gasteiger partial charge is 0.0455 e. The van der Waals surface area contributed by atoms with E-state index in [1.54, 1.807) is 0 Å². The highest BCUT2D eigenvalue weighted by Crippen LogP contribution is 2.50. The van der Waals surface area contributed by atoms with Crippen molar-refractivity contribution in [3.63, 3.8) is 0 Å². The third kappa shape index (κ3) is 4.30. The van der Waals surface area contributed by atoms with Gasteiger partial charge in [-0.05, 0) is 89.3 Å². The molecule has 0 saturated carbocycles. The Kier molecular flexibility index (Phi) is 6.48. The van der Waals surface area contributed by atoms with Crippen LogP contribution in [0.4, 0.5) is 0 Å². The third-order valence-electron chi connectivity index (χ3n) is 11.4. The van der Waals surface area contributed by atoms with Crippen LogP contribution in [-0.4, -0.2) is 0 Å². The van der Waals surface area contributed by atoms with E-state index < -0.39 is 0 Å². The molecule has 2 aromatic heterocycles. The van der Waals surface area contributed by atoms with Gasteiger partial charge >= 0.3 is 0 Å². The van der Waals surface area contributed by atoms with Gasteiger partial charge in [-0.1, -0.05) is 164 Å². The zero-order chi connectivity index (χ0) is 35.3. The minimum absolute atomic E-state index is 1.23. The van der Waals surface area contributed by atoms with E-state index in [9.17, 15) is 0 Å². The fourth-order valence-electron chi connectivity index (χ4n) is 9.08. The molecule has 0 saturated heterocycles. The maximum Gasteiger partial charge on any atom is 0.0455 e. The first-order chi connectivity index (χ1) is 26.8. The summed E-state index contributed by atoms with van der Waals surface area (Å²) < 4.78 is 5.48. The van der Waals surface area contributed by atoms with Crippen molar-refractivity contribution in [3.8, 4) is 33.4 Å². The summed E-state index contributed by atoms with van der Waals surface area (Å²) in [5, 5.41) is 15.8. The van der Waals surface area contributed by atoms with Crippen molar-refractivity contribution in [1.82, 2.24) is 0 Å². The number of hydrogen-bond donors (Lipinski definition) is 0. The summed E-state index contributed by atoms with van der Waals surface area (Å²) in [5.41, 5.74) is 7.57. The molecule has 0 N–H and O–H groups in total. The second-order valence-electron chi connectivity index (χ2n) is 14.3. The van der Waals surface area contributed by atoms with Gasteiger partial charge in [-0.15, -0.1) is 22.7 Å². The van der Waals surface area contributed by atoms with E-state index in [2.05, 4.69) is 182 Å². The lowest BCUT2D eigenvalue weighted by Crippen LogP contribution is -1.91. The summed E-state index contributed by atoms with van der Waals surface area (Å²) in [6.07, 6.45) is 0. The van der Waals surface area contributed by atoms with Gasteiger partial charge in [-0.25, -0.2) is 0 Å². The van der Waals surface area contributed by atoms with Crippen LogP contribution in [0.15, 0.2) is 182 Å². The molecular weight excluding hydrogens is 689 g/mol. The normalized spacial score (nSPS) is 12.1. The molecule has 0 spiro atoms. The average molecular weight is 719 g/mol. The highest BCUT2D eigenvalue weighted by molar-refractivity contribution is 7.30. The van der Waals surface area contributed by atoms with Crippen LogP contribution in [0, 0.1) is 0 Å². The Balaban J connectivity index is 1.05. The summed E-state index contributed by atoms with van der Waals surface area (Å²) in [7, 11) is 0. The Morgan fingerprint density at radius 2 is 0.796 bits per heavy atom. The molecule has 10 aromatic carbocycles. The highest BCUT2D eigenvalue weighted by Gasteiger charge is 2.20. The van der Waals surface area contributed by atoms with Gasteiger partial charge in [0.2, 0.25) is 0 Å². The Morgan fingerprint density at radius 3 is 1.54 bits per heavy atom. The predicted octanol–water partition coefficient (Wildman–Crippen LogP) is 16.0. The lowest BCUT2D eigenvalue weighted by molar-refractivity contribution is 1.64. The van der Waals surface area contributed by atoms with Crippen LogP contribution >= 0.6 is 22.7 Å². The Labute approximate surface area is 319 Å². The predicted molar refractivity (Wildman–Crippen MR) is 239 cm³/mol. The summed E-state index contributed by atoms with van der Waals surface area (Å²) in [5.74, 6) is 0. The molecule has 2 heterocycles. The Bertz CT molecular complexity index is 3430. The fourth-order valence-corrected chi connectivity index (χ4v) is 11.7. The van der Waals surface area contributed by atoms with Crippen LogP contribution in [0.25, 0.3) is 117 Å². The van der Waals surface area contributed by atoms with Gasteiger partial charge < -0.3 is 0 Å². The molecule has 2 heteroatoms. The van der Waals surface area contributed by atoms with E-state index >= 15 is 0 Å². The largest absolute Gasteiger partial charge is 0.134 e. The first kappa shape index (κ1) is 30.2. The molecule has 0 amide bonds. The van der Waals surface area contributed by atoms with Crippen LogP contribution in [-0.2, 0) is 0 Å². The highest BCUT2D eigenvalue weighted by atomic mass is 32.1. The summed E-state index contributed by atoms with van der Waals surface area (Å²) in [6, 6.07) is 67.6. The van der Waals surface area contributed by atoms with Crippen LogP contribution in [0.3, 0.4) is 0 Å². The van der Waals surface area contributed by atoms with Gasteiger partial charge in [0, 0.05) is 45.7 Å². The molecule has 0 bridgehead atoms. The van der Waals surface area contributed by atoms with Crippen molar-refractivity contribution in [2.24, 2.45) is 0 Å². The van der Waals surface area contributed by atoms with Gasteiger partial charge in [0.1, 0.15) is 0 Å². The second kappa shape index (κ2) is 11.6. The third-order valence-corrected chi connectivity index (χ3v) is 13.8. The number of rotatable bonds is 3. The molecule has 0 aliphatic carbocycles. The second-order valence-corrected chi connectivity index (χ2v) is 16.4. The van der Waals surface area contributed by atoms with Gasteiger partial charge in [-0.2, -0.15) is 0 Å². The Morgan fingerprint density at radius 1 is 0.278 bits per heavy atom. The number of benzene rings is 10. The van der Waals surface area contributed by atoms with Crippen LogP contribution < -0.4 is 0 Å². The maximum absolute atomic E-state index is 2.43. The quantitative estimate of drug-likeness (QED) is 0.160. The zero-order valence-corrected chi connectivity index (χ0v) is 30.8. The SMILES string of the molecule is c1ccc2c(-c3c4ccccc4c(-c4ccc(-c5ccc6sc7c(c6c5)c5ccccc5c5sc6ccccc6c57)cc4)c4ccccc34)cccc2c1. The molecule has 12 rings (SSSR count). The zero-order valence-electron chi connectivity index (χ0n) is 29.1. The van der Waals surface area contributed by atoms with E-state index in [4.69, 9.17) is 0 Å². The van der Waals surface area contributed by atoms with E-state index in [0.717, 1.165) is 0 Å². The van der Waals surface area contributed by atoms with E-state index in [1.807, 2.05) is 22.7 Å². The Hall–Kier alpha value is -6.32. The molecular formula is C52H30S2. The van der Waals surface area contributed by atoms with Gasteiger partial charge in [0.05, 0.1) is 0 Å². The monoisotopic (exact) mass is 718 g/mol. The number of fused-ring (bicyclic) bond motifs is 13. The lowest BCUT2D eigenvalue weighted by Gasteiger charge is -2.19. The van der Waals surface area contributed by atoms with Crippen molar-refractivity contribution in [2.45, 2.75) is 0 Å². The van der Waals surface area contributed by atoms with Crippen molar-refractivity contribution >= 4 is 106 Å². The summed E-state index contributed by atoms with van der Waals surface area (Å²) in [4.78, 5) is 0. The fraction of sp³-hybridized carbons (Fsp3) is 0. The van der Waals surface area contributed by atoms with E-state index in [0.29, 0.717) is 0 Å². The van der Waals surface area contributed by atoms with Gasteiger partial charge in [0.25, 0.3) is 0 Å². The summed E-state index contributed by atoms with van der Waals surface area (Å²) >= 11 is 3.86. The minimum Gasteiger partial charge on any atom is -0.134 e. The van der Waals surface area contributed by atoms with Crippen LogP contribution in [0.2, 0.25) is 0 Å². The molecule has 250 valence electrons. The number of thiophene rings is 2. The van der Waals surface area contributed by atoms with Crippen molar-refractivity contribution in [3.05, 3.63) is 182 Å². The van der Waals surface area contributed by atoms with E-state index in [1.165, 1.54) is 117 Å². The number of hydrogen-bond acceptors (Lipinski definition) is 2. The standard InChI is InChI=1S/C52H30S2/c1-2-14-35-32(12-1)13-11-22-36(35)48-39-17-5-3-15-37(39)47(38-16-4-6-18-40(38)48)33-26-24-31(25-27-33)34-28-29-46-44(30-34)49-41-19-7-8-20-42(41)51-50(52(49)54-46)43-21-9-10-23-45(43)53-51/h1-30H. The molecule has 0 fully saturated rings. The average Bonchev–Trinajstić information content (AvgIpc) is 3.82. The van der Waals surface area contributed by atoms with Crippen LogP contribution in [0.1, 0.15) is 0 Å². The van der Waals surface area contributed by atoms with Crippen molar-refractivity contribution in [1.29, 1.82) is 0 Å². The summed E-state index contributed by atoms with van der Waals surface area (Å²) in [6.45, 7) is 0. The maximum atomic E-state index is 2.43. The molecule has 0 aliphatic rings. The first-order valence-corrected chi connectivity index (χ1v) is 20.1. The van der Waals surface area contributed by atoms with Crippen molar-refractivity contribution < 1.29 is 0 Å². The first-order valence-electron chi connectivity index (χ1n) is 18.5.